The summed E-state index contributed by atoms with van der Waals surface area (Å²) in [6.45, 7) is 0. The molecule has 5 nitrogen and oxygen atoms in total. The third kappa shape index (κ3) is 3.10. The lowest BCUT2D eigenvalue weighted by molar-refractivity contribution is 0.202. The summed E-state index contributed by atoms with van der Waals surface area (Å²) in [6.07, 6.45) is 4.15. The van der Waals surface area contributed by atoms with Gasteiger partial charge in [-0.1, -0.05) is 11.2 Å². The molecule has 1 aliphatic heterocycles. The van der Waals surface area contributed by atoms with Crippen LogP contribution in [0.25, 0.3) is 11.1 Å². The minimum absolute atomic E-state index is 0.254. The highest BCUT2D eigenvalue weighted by molar-refractivity contribution is 7.99. The van der Waals surface area contributed by atoms with Gasteiger partial charge in [-0.05, 0) is 36.3 Å². The van der Waals surface area contributed by atoms with E-state index < -0.39 is 0 Å². The van der Waals surface area contributed by atoms with Crippen LogP contribution in [0.1, 0.15) is 12.8 Å². The van der Waals surface area contributed by atoms with Crippen molar-refractivity contribution in [1.82, 2.24) is 5.16 Å². The molecule has 1 unspecified atom stereocenters. The minimum Gasteiger partial charge on any atom is -0.493 e. The molecule has 0 amide bonds. The number of thioether (sulfide) groups is 1. The molecule has 0 saturated carbocycles. The van der Waals surface area contributed by atoms with Crippen LogP contribution in [0.15, 0.2) is 28.9 Å². The van der Waals surface area contributed by atoms with Crippen molar-refractivity contribution in [2.24, 2.45) is 0 Å². The SMILES string of the molecule is COc1cc(-c2cnoc2N)ccc1OC1CCCSC1. The molecular weight excluding hydrogens is 288 g/mol. The van der Waals surface area contributed by atoms with E-state index in [2.05, 4.69) is 5.16 Å². The molecule has 0 radical (unpaired) electrons. The summed E-state index contributed by atoms with van der Waals surface area (Å²) in [5, 5.41) is 3.69. The molecule has 1 aliphatic rings. The third-order valence-electron chi connectivity index (χ3n) is 3.49. The number of methoxy groups -OCH3 is 1. The molecule has 3 rings (SSSR count). The second-order valence-corrected chi connectivity index (χ2v) is 6.08. The number of aromatic nitrogens is 1. The Labute approximate surface area is 127 Å². The van der Waals surface area contributed by atoms with Crippen molar-refractivity contribution in [3.05, 3.63) is 24.4 Å². The fourth-order valence-electron chi connectivity index (χ4n) is 2.38. The van der Waals surface area contributed by atoms with Gasteiger partial charge in [-0.25, -0.2) is 0 Å². The van der Waals surface area contributed by atoms with Crippen LogP contribution in [0, 0.1) is 0 Å². The largest absolute Gasteiger partial charge is 0.493 e. The van der Waals surface area contributed by atoms with Crippen LogP contribution in [0.2, 0.25) is 0 Å². The van der Waals surface area contributed by atoms with Gasteiger partial charge in [-0.3, -0.25) is 0 Å². The van der Waals surface area contributed by atoms with Crippen LogP contribution in [-0.4, -0.2) is 29.9 Å². The van der Waals surface area contributed by atoms with Crippen molar-refractivity contribution < 1.29 is 14.0 Å². The van der Waals surface area contributed by atoms with E-state index in [9.17, 15) is 0 Å². The van der Waals surface area contributed by atoms with Gasteiger partial charge in [0, 0.05) is 5.75 Å². The standard InChI is InChI=1S/C15H18N2O3S/c1-18-14-7-10(12-8-17-20-15(12)16)4-5-13(14)19-11-3-2-6-21-9-11/h4-5,7-8,11H,2-3,6,9,16H2,1H3. The lowest BCUT2D eigenvalue weighted by atomic mass is 10.1. The fourth-order valence-corrected chi connectivity index (χ4v) is 3.42. The molecule has 2 N–H and O–H groups in total. The van der Waals surface area contributed by atoms with Crippen molar-refractivity contribution in [2.45, 2.75) is 18.9 Å². The summed E-state index contributed by atoms with van der Waals surface area (Å²) in [7, 11) is 1.64. The normalized spacial score (nSPS) is 18.4. The molecule has 0 spiro atoms. The number of nitrogens with two attached hydrogens (primary N) is 1. The van der Waals surface area contributed by atoms with Gasteiger partial charge in [0.1, 0.15) is 6.10 Å². The van der Waals surface area contributed by atoms with Crippen LogP contribution >= 0.6 is 11.8 Å². The summed E-state index contributed by atoms with van der Waals surface area (Å²) >= 11 is 1.94. The Morgan fingerprint density at radius 3 is 2.95 bits per heavy atom. The summed E-state index contributed by atoms with van der Waals surface area (Å²) in [5.41, 5.74) is 7.40. The van der Waals surface area contributed by atoms with E-state index in [1.165, 1.54) is 12.2 Å². The Bertz CT molecular complexity index is 609. The first kappa shape index (κ1) is 14.1. The summed E-state index contributed by atoms with van der Waals surface area (Å²) in [6, 6.07) is 5.75. The van der Waals surface area contributed by atoms with Gasteiger partial charge in [0.2, 0.25) is 5.88 Å². The molecule has 2 heterocycles. The Balaban J connectivity index is 1.83. The first-order valence-corrected chi connectivity index (χ1v) is 8.06. The number of hydrogen-bond donors (Lipinski definition) is 1. The molecule has 1 atom stereocenters. The van der Waals surface area contributed by atoms with Crippen LogP contribution < -0.4 is 15.2 Å². The van der Waals surface area contributed by atoms with E-state index in [-0.39, 0.29) is 6.10 Å². The molecule has 2 aromatic rings. The van der Waals surface area contributed by atoms with Gasteiger partial charge in [-0.2, -0.15) is 11.8 Å². The predicted molar refractivity (Wildman–Crippen MR) is 83.9 cm³/mol. The number of anilines is 1. The maximum absolute atomic E-state index is 6.06. The third-order valence-corrected chi connectivity index (χ3v) is 4.67. The molecule has 6 heteroatoms. The number of ether oxygens (including phenoxy) is 2. The highest BCUT2D eigenvalue weighted by Gasteiger charge is 2.18. The molecule has 0 bridgehead atoms. The lowest BCUT2D eigenvalue weighted by Gasteiger charge is -2.23. The lowest BCUT2D eigenvalue weighted by Crippen LogP contribution is -2.23. The van der Waals surface area contributed by atoms with Gasteiger partial charge in [0.05, 0.1) is 18.9 Å². The number of nitrogen functional groups attached to an aromatic ring is 1. The molecule has 1 fully saturated rings. The Kier molecular flexibility index (Phi) is 4.24. The Morgan fingerprint density at radius 2 is 2.29 bits per heavy atom. The number of hydrogen-bond acceptors (Lipinski definition) is 6. The smallest absolute Gasteiger partial charge is 0.229 e. The number of rotatable bonds is 4. The highest BCUT2D eigenvalue weighted by Crippen LogP contribution is 2.36. The van der Waals surface area contributed by atoms with Crippen molar-refractivity contribution >= 4 is 17.6 Å². The zero-order chi connectivity index (χ0) is 14.7. The summed E-state index contributed by atoms with van der Waals surface area (Å²) in [4.78, 5) is 0. The second kappa shape index (κ2) is 6.30. The number of nitrogens with zero attached hydrogens (tertiary/aromatic N) is 1. The van der Waals surface area contributed by atoms with Crippen molar-refractivity contribution in [3.63, 3.8) is 0 Å². The molecule has 1 saturated heterocycles. The van der Waals surface area contributed by atoms with Crippen molar-refractivity contribution in [1.29, 1.82) is 0 Å². The molecule has 1 aromatic heterocycles. The topological polar surface area (TPSA) is 70.5 Å². The Hall–Kier alpha value is -1.82. The van der Waals surface area contributed by atoms with Gasteiger partial charge in [0.25, 0.3) is 0 Å². The van der Waals surface area contributed by atoms with Crippen LogP contribution in [-0.2, 0) is 0 Å². The van der Waals surface area contributed by atoms with Crippen molar-refractivity contribution in [2.75, 3.05) is 24.3 Å². The summed E-state index contributed by atoms with van der Waals surface area (Å²) in [5.74, 6) is 4.02. The first-order valence-electron chi connectivity index (χ1n) is 6.91. The van der Waals surface area contributed by atoms with E-state index in [4.69, 9.17) is 19.7 Å². The van der Waals surface area contributed by atoms with Crippen LogP contribution in [0.5, 0.6) is 11.5 Å². The van der Waals surface area contributed by atoms with Crippen LogP contribution in [0.3, 0.4) is 0 Å². The monoisotopic (exact) mass is 306 g/mol. The average Bonchev–Trinajstić information content (AvgIpc) is 2.95. The summed E-state index contributed by atoms with van der Waals surface area (Å²) < 4.78 is 16.4. The highest BCUT2D eigenvalue weighted by atomic mass is 32.2. The van der Waals surface area contributed by atoms with Gasteiger partial charge >= 0.3 is 0 Å². The Morgan fingerprint density at radius 1 is 1.38 bits per heavy atom. The molecule has 21 heavy (non-hydrogen) atoms. The predicted octanol–water partition coefficient (Wildman–Crippen LogP) is 3.21. The van der Waals surface area contributed by atoms with Gasteiger partial charge < -0.3 is 19.7 Å². The minimum atomic E-state index is 0.254. The molecule has 112 valence electrons. The van der Waals surface area contributed by atoms with E-state index in [1.807, 2.05) is 30.0 Å². The fraction of sp³-hybridized carbons (Fsp3) is 0.400. The quantitative estimate of drug-likeness (QED) is 0.935. The van der Waals surface area contributed by atoms with E-state index in [0.717, 1.165) is 29.1 Å². The first-order chi connectivity index (χ1) is 10.3. The second-order valence-electron chi connectivity index (χ2n) is 4.93. The van der Waals surface area contributed by atoms with E-state index in [1.54, 1.807) is 13.3 Å². The van der Waals surface area contributed by atoms with Gasteiger partial charge in [-0.15, -0.1) is 0 Å². The maximum Gasteiger partial charge on any atom is 0.229 e. The maximum atomic E-state index is 6.06. The van der Waals surface area contributed by atoms with Crippen LogP contribution in [0.4, 0.5) is 5.88 Å². The van der Waals surface area contributed by atoms with E-state index in [0.29, 0.717) is 11.6 Å². The zero-order valence-corrected chi connectivity index (χ0v) is 12.7. The molecule has 1 aromatic carbocycles. The molecule has 0 aliphatic carbocycles. The van der Waals surface area contributed by atoms with Crippen molar-refractivity contribution in [3.8, 4) is 22.6 Å². The zero-order valence-electron chi connectivity index (χ0n) is 11.9. The number of benzene rings is 1. The van der Waals surface area contributed by atoms with Gasteiger partial charge in [0.15, 0.2) is 11.5 Å². The van der Waals surface area contributed by atoms with E-state index >= 15 is 0 Å². The molecular formula is C15H18N2O3S. The average molecular weight is 306 g/mol.